The van der Waals surface area contributed by atoms with Crippen LogP contribution in [-0.2, 0) is 14.3 Å². The summed E-state index contributed by atoms with van der Waals surface area (Å²) in [7, 11) is 0. The molecule has 0 aromatic rings. The fourth-order valence-electron chi connectivity index (χ4n) is 0.368. The smallest absolute Gasteiger partial charge is 0.308 e. The molecule has 0 saturated heterocycles. The molecule has 0 spiro atoms. The number of ether oxygens (including phenoxy) is 1. The van der Waals surface area contributed by atoms with Crippen LogP contribution in [0.15, 0.2) is 0 Å². The highest BCUT2D eigenvalue weighted by atomic mass is 16.5. The Labute approximate surface area is 99.5 Å². The van der Waals surface area contributed by atoms with E-state index in [0.717, 1.165) is 0 Å². The normalized spacial score (nSPS) is 9.31. The molecule has 1 amide bonds. The van der Waals surface area contributed by atoms with Gasteiger partial charge in [0.05, 0.1) is 12.0 Å². The van der Waals surface area contributed by atoms with E-state index in [1.807, 2.05) is 27.7 Å². The quantitative estimate of drug-likeness (QED) is 0.761. The highest BCUT2D eigenvalue weighted by Gasteiger charge is 2.08. The lowest BCUT2D eigenvalue weighted by atomic mass is 10.2. The van der Waals surface area contributed by atoms with E-state index < -0.39 is 0 Å². The summed E-state index contributed by atoms with van der Waals surface area (Å²) in [6.07, 6.45) is 0.0138. The summed E-state index contributed by atoms with van der Waals surface area (Å²) in [4.78, 5) is 20.7. The molecule has 0 saturated carbocycles. The molecule has 0 aliphatic heterocycles. The van der Waals surface area contributed by atoms with E-state index in [4.69, 9.17) is 10.5 Å². The first kappa shape index (κ1) is 20.4. The number of amides is 1. The van der Waals surface area contributed by atoms with Crippen LogP contribution in [0.1, 0.15) is 49.0 Å². The number of hydrogen-bond donors (Lipinski definition) is 1. The molecule has 4 heteroatoms. The van der Waals surface area contributed by atoms with Gasteiger partial charge in [-0.05, 0) is 13.8 Å². The fourth-order valence-corrected chi connectivity index (χ4v) is 0.368. The summed E-state index contributed by atoms with van der Waals surface area (Å²) in [5.41, 5.74) is 4.80. The minimum atomic E-state index is -0.241. The van der Waals surface area contributed by atoms with Gasteiger partial charge in [0.25, 0.3) is 0 Å². The van der Waals surface area contributed by atoms with Gasteiger partial charge in [0, 0.05) is 5.92 Å². The molecular formula is C12H27NO3. The monoisotopic (exact) mass is 233 g/mol. The molecule has 16 heavy (non-hydrogen) atoms. The van der Waals surface area contributed by atoms with Crippen molar-refractivity contribution in [2.24, 2.45) is 17.6 Å². The number of hydrogen-bond acceptors (Lipinski definition) is 3. The van der Waals surface area contributed by atoms with Gasteiger partial charge in [-0.15, -0.1) is 0 Å². The summed E-state index contributed by atoms with van der Waals surface area (Å²) in [5.74, 6) is -0.377. The van der Waals surface area contributed by atoms with Crippen molar-refractivity contribution in [1.29, 1.82) is 0 Å². The number of esters is 1. The Morgan fingerprint density at radius 1 is 0.938 bits per heavy atom. The van der Waals surface area contributed by atoms with Crippen LogP contribution in [0, 0.1) is 11.8 Å². The molecule has 0 aromatic carbocycles. The van der Waals surface area contributed by atoms with E-state index in [0.29, 0.717) is 0 Å². The van der Waals surface area contributed by atoms with Crippen LogP contribution < -0.4 is 5.73 Å². The number of rotatable bonds is 3. The number of primary amides is 1. The molecule has 0 aromatic heterocycles. The molecule has 0 radical (unpaired) electrons. The molecule has 0 bridgehead atoms. The number of carbonyl (C=O) groups is 2. The lowest BCUT2D eigenvalue weighted by Gasteiger charge is -2.08. The first-order chi connectivity index (χ1) is 6.68. The van der Waals surface area contributed by atoms with Crippen molar-refractivity contribution < 1.29 is 14.3 Å². The minimum absolute atomic E-state index is 0. The SMILES string of the molecule is C.CC(C)C(N)=O.CC(C)OC(=O)C(C)C. The van der Waals surface area contributed by atoms with Crippen molar-refractivity contribution in [3.63, 3.8) is 0 Å². The van der Waals surface area contributed by atoms with Crippen LogP contribution in [-0.4, -0.2) is 18.0 Å². The van der Waals surface area contributed by atoms with Crippen molar-refractivity contribution in [3.05, 3.63) is 0 Å². The van der Waals surface area contributed by atoms with E-state index in [1.165, 1.54) is 0 Å². The van der Waals surface area contributed by atoms with Gasteiger partial charge in [0.1, 0.15) is 0 Å². The van der Waals surface area contributed by atoms with Gasteiger partial charge in [0.2, 0.25) is 5.91 Å². The zero-order valence-electron chi connectivity index (χ0n) is 10.5. The fraction of sp³-hybridized carbons (Fsp3) is 0.833. The summed E-state index contributed by atoms with van der Waals surface area (Å²) >= 11 is 0. The second kappa shape index (κ2) is 10.5. The van der Waals surface area contributed by atoms with E-state index in [-0.39, 0.29) is 37.2 Å². The zero-order chi connectivity index (χ0) is 12.6. The van der Waals surface area contributed by atoms with Crippen molar-refractivity contribution in [2.75, 3.05) is 0 Å². The van der Waals surface area contributed by atoms with Crippen LogP contribution in [0.3, 0.4) is 0 Å². The average molecular weight is 233 g/mol. The third-order valence-corrected chi connectivity index (χ3v) is 1.39. The van der Waals surface area contributed by atoms with Crippen molar-refractivity contribution in [1.82, 2.24) is 0 Å². The predicted molar refractivity (Wildman–Crippen MR) is 66.8 cm³/mol. The maximum atomic E-state index is 10.7. The predicted octanol–water partition coefficient (Wildman–Crippen LogP) is 2.36. The summed E-state index contributed by atoms with van der Waals surface area (Å²) in [6.45, 7) is 10.9. The van der Waals surface area contributed by atoms with Gasteiger partial charge >= 0.3 is 5.97 Å². The largest absolute Gasteiger partial charge is 0.463 e. The van der Waals surface area contributed by atoms with Gasteiger partial charge in [-0.2, -0.15) is 0 Å². The molecule has 4 nitrogen and oxygen atoms in total. The Morgan fingerprint density at radius 2 is 1.25 bits per heavy atom. The highest BCUT2D eigenvalue weighted by molar-refractivity contribution is 5.75. The number of carbonyl (C=O) groups excluding carboxylic acids is 2. The van der Waals surface area contributed by atoms with E-state index in [1.54, 1.807) is 13.8 Å². The van der Waals surface area contributed by atoms with Gasteiger partial charge in [0.15, 0.2) is 0 Å². The van der Waals surface area contributed by atoms with Crippen LogP contribution in [0.4, 0.5) is 0 Å². The molecule has 0 atom stereocenters. The van der Waals surface area contributed by atoms with Crippen molar-refractivity contribution in [3.8, 4) is 0 Å². The topological polar surface area (TPSA) is 69.4 Å². The molecule has 0 aliphatic rings. The van der Waals surface area contributed by atoms with Gasteiger partial charge in [-0.3, -0.25) is 9.59 Å². The first-order valence-electron chi connectivity index (χ1n) is 5.18. The Morgan fingerprint density at radius 3 is 1.31 bits per heavy atom. The maximum Gasteiger partial charge on any atom is 0.308 e. The van der Waals surface area contributed by atoms with Gasteiger partial charge in [-0.25, -0.2) is 0 Å². The molecule has 0 aliphatic carbocycles. The Balaban J connectivity index is -0.000000214. The van der Waals surface area contributed by atoms with Gasteiger partial charge in [-0.1, -0.05) is 35.1 Å². The second-order valence-electron chi connectivity index (χ2n) is 4.20. The third kappa shape index (κ3) is 15.4. The lowest BCUT2D eigenvalue weighted by molar-refractivity contribution is -0.151. The Bertz CT molecular complexity index is 198. The van der Waals surface area contributed by atoms with Gasteiger partial charge < -0.3 is 10.5 Å². The average Bonchev–Trinajstić information content (AvgIpc) is 2.03. The van der Waals surface area contributed by atoms with E-state index >= 15 is 0 Å². The van der Waals surface area contributed by atoms with E-state index in [9.17, 15) is 9.59 Å². The van der Waals surface area contributed by atoms with Crippen LogP contribution in [0.25, 0.3) is 0 Å². The maximum absolute atomic E-state index is 10.7. The Hall–Kier alpha value is -1.06. The zero-order valence-corrected chi connectivity index (χ0v) is 10.5. The molecule has 0 heterocycles. The number of nitrogens with two attached hydrogens (primary N) is 1. The second-order valence-corrected chi connectivity index (χ2v) is 4.20. The molecule has 0 fully saturated rings. The van der Waals surface area contributed by atoms with Crippen LogP contribution >= 0.6 is 0 Å². The summed E-state index contributed by atoms with van der Waals surface area (Å²) < 4.78 is 4.87. The summed E-state index contributed by atoms with van der Waals surface area (Å²) in [5, 5.41) is 0. The summed E-state index contributed by atoms with van der Waals surface area (Å²) in [6, 6.07) is 0. The molecular weight excluding hydrogens is 206 g/mol. The standard InChI is InChI=1S/C7H14O2.C4H9NO.CH4/c1-5(2)7(8)9-6(3)4;1-3(2)4(5)6;/h5-6H,1-4H3;3H,1-2H3,(H2,5,6);1H4. The highest BCUT2D eigenvalue weighted by Crippen LogP contribution is 1.98. The lowest BCUT2D eigenvalue weighted by Crippen LogP contribution is -2.17. The van der Waals surface area contributed by atoms with Crippen LogP contribution in [0.2, 0.25) is 0 Å². The van der Waals surface area contributed by atoms with Crippen molar-refractivity contribution in [2.45, 2.75) is 55.1 Å². The molecule has 2 N–H and O–H groups in total. The molecule has 0 rings (SSSR count). The molecule has 0 unspecified atom stereocenters. The third-order valence-electron chi connectivity index (χ3n) is 1.39. The molecule has 98 valence electrons. The minimum Gasteiger partial charge on any atom is -0.463 e. The van der Waals surface area contributed by atoms with Crippen molar-refractivity contribution >= 4 is 11.9 Å². The Kier molecular flexibility index (Phi) is 13.3. The first-order valence-corrected chi connectivity index (χ1v) is 5.18. The van der Waals surface area contributed by atoms with E-state index in [2.05, 4.69) is 0 Å². The van der Waals surface area contributed by atoms with Crippen LogP contribution in [0.5, 0.6) is 0 Å².